The number of piperidine rings is 1. The summed E-state index contributed by atoms with van der Waals surface area (Å²) < 4.78 is 0. The van der Waals surface area contributed by atoms with Gasteiger partial charge in [-0.05, 0) is 38.8 Å². The van der Waals surface area contributed by atoms with E-state index in [-0.39, 0.29) is 5.92 Å². The van der Waals surface area contributed by atoms with Crippen molar-refractivity contribution in [1.82, 2.24) is 4.98 Å². The first-order valence-corrected chi connectivity index (χ1v) is 5.85. The van der Waals surface area contributed by atoms with Gasteiger partial charge in [0.2, 0.25) is 0 Å². The number of hydrogen-bond acceptors (Lipinski definition) is 3. The number of nitrogens with zero attached hydrogens (tertiary/aromatic N) is 2. The first kappa shape index (κ1) is 11.1. The predicted octanol–water partition coefficient (Wildman–Crippen LogP) is 2.20. The first-order valence-electron chi connectivity index (χ1n) is 5.85. The van der Waals surface area contributed by atoms with Crippen LogP contribution in [-0.4, -0.2) is 23.9 Å². The van der Waals surface area contributed by atoms with Gasteiger partial charge in [0.05, 0.1) is 0 Å². The van der Waals surface area contributed by atoms with Crippen molar-refractivity contribution in [3.8, 4) is 0 Å². The van der Waals surface area contributed by atoms with Gasteiger partial charge in [-0.2, -0.15) is 0 Å². The molecule has 1 aromatic rings. The van der Waals surface area contributed by atoms with Crippen molar-refractivity contribution in [2.45, 2.75) is 26.7 Å². The van der Waals surface area contributed by atoms with Crippen molar-refractivity contribution in [1.29, 1.82) is 0 Å². The van der Waals surface area contributed by atoms with Crippen LogP contribution in [0.1, 0.15) is 25.5 Å². The van der Waals surface area contributed by atoms with Crippen LogP contribution in [0.3, 0.4) is 0 Å². The van der Waals surface area contributed by atoms with E-state index >= 15 is 0 Å². The van der Waals surface area contributed by atoms with E-state index in [1.165, 1.54) is 5.69 Å². The molecule has 1 saturated heterocycles. The topological polar surface area (TPSA) is 33.2 Å². The Morgan fingerprint density at radius 2 is 2.12 bits per heavy atom. The number of aromatic nitrogens is 1. The molecule has 86 valence electrons. The fourth-order valence-corrected chi connectivity index (χ4v) is 2.27. The van der Waals surface area contributed by atoms with E-state index in [0.717, 1.165) is 31.6 Å². The molecular formula is C13H18N2O. The zero-order chi connectivity index (χ0) is 11.5. The highest BCUT2D eigenvalue weighted by molar-refractivity contribution is 5.78. The van der Waals surface area contributed by atoms with Gasteiger partial charge in [-0.3, -0.25) is 9.78 Å². The third-order valence-electron chi connectivity index (χ3n) is 3.32. The number of rotatable bonds is 2. The van der Waals surface area contributed by atoms with Crippen LogP contribution in [0.25, 0.3) is 0 Å². The Hall–Kier alpha value is -1.38. The Bertz CT molecular complexity index is 381. The van der Waals surface area contributed by atoms with E-state index in [1.807, 2.05) is 19.2 Å². The number of hydrogen-bond donors (Lipinski definition) is 0. The summed E-state index contributed by atoms with van der Waals surface area (Å²) in [6.07, 6.45) is 3.81. The van der Waals surface area contributed by atoms with Crippen LogP contribution in [0.15, 0.2) is 18.3 Å². The van der Waals surface area contributed by atoms with Crippen LogP contribution in [0.2, 0.25) is 0 Å². The summed E-state index contributed by atoms with van der Waals surface area (Å²) in [5.41, 5.74) is 2.28. The molecule has 0 N–H and O–H groups in total. The maximum absolute atomic E-state index is 11.3. The number of carbonyl (C=O) groups excluding carboxylic acids is 1. The Kier molecular flexibility index (Phi) is 3.22. The van der Waals surface area contributed by atoms with E-state index in [9.17, 15) is 4.79 Å². The monoisotopic (exact) mass is 218 g/mol. The molecule has 0 atom stereocenters. The highest BCUT2D eigenvalue weighted by Gasteiger charge is 2.22. The van der Waals surface area contributed by atoms with E-state index in [1.54, 1.807) is 6.92 Å². The SMILES string of the molecule is CC(=O)C1CCN(c2ccnc(C)c2)CC1. The second-order valence-electron chi connectivity index (χ2n) is 4.53. The molecular weight excluding hydrogens is 200 g/mol. The van der Waals surface area contributed by atoms with Crippen LogP contribution in [0, 0.1) is 12.8 Å². The zero-order valence-corrected chi connectivity index (χ0v) is 9.94. The third kappa shape index (κ3) is 2.40. The quantitative estimate of drug-likeness (QED) is 0.763. The Labute approximate surface area is 96.5 Å². The van der Waals surface area contributed by atoms with Crippen molar-refractivity contribution in [2.75, 3.05) is 18.0 Å². The van der Waals surface area contributed by atoms with Gasteiger partial charge in [0.25, 0.3) is 0 Å². The molecule has 0 radical (unpaired) electrons. The lowest BCUT2D eigenvalue weighted by Gasteiger charge is -2.32. The molecule has 1 aromatic heterocycles. The van der Waals surface area contributed by atoms with Crippen molar-refractivity contribution in [2.24, 2.45) is 5.92 Å². The molecule has 0 amide bonds. The smallest absolute Gasteiger partial charge is 0.133 e. The van der Waals surface area contributed by atoms with Gasteiger partial charge in [0, 0.05) is 36.6 Å². The molecule has 3 heteroatoms. The first-order chi connectivity index (χ1) is 7.66. The summed E-state index contributed by atoms with van der Waals surface area (Å²) in [7, 11) is 0. The van der Waals surface area contributed by atoms with Gasteiger partial charge >= 0.3 is 0 Å². The fourth-order valence-electron chi connectivity index (χ4n) is 2.27. The normalized spacial score (nSPS) is 17.5. The molecule has 1 fully saturated rings. The largest absolute Gasteiger partial charge is 0.371 e. The summed E-state index contributed by atoms with van der Waals surface area (Å²) in [5, 5.41) is 0. The van der Waals surface area contributed by atoms with Crippen molar-refractivity contribution in [3.63, 3.8) is 0 Å². The Balaban J connectivity index is 2.01. The molecule has 0 aliphatic carbocycles. The average molecular weight is 218 g/mol. The minimum Gasteiger partial charge on any atom is -0.371 e. The van der Waals surface area contributed by atoms with E-state index in [4.69, 9.17) is 0 Å². The minimum atomic E-state index is 0.277. The molecule has 0 bridgehead atoms. The molecule has 1 aliphatic rings. The molecule has 0 spiro atoms. The number of Topliss-reactive ketones (excluding diaryl/α,β-unsaturated/α-hetero) is 1. The van der Waals surface area contributed by atoms with Crippen molar-refractivity contribution in [3.05, 3.63) is 24.0 Å². The van der Waals surface area contributed by atoms with E-state index < -0.39 is 0 Å². The molecule has 0 aromatic carbocycles. The average Bonchev–Trinajstić information content (AvgIpc) is 2.29. The fraction of sp³-hybridized carbons (Fsp3) is 0.538. The molecule has 0 saturated carbocycles. The van der Waals surface area contributed by atoms with Crippen LogP contribution < -0.4 is 4.90 Å². The van der Waals surface area contributed by atoms with Crippen LogP contribution in [0.5, 0.6) is 0 Å². The summed E-state index contributed by atoms with van der Waals surface area (Å²) >= 11 is 0. The number of anilines is 1. The summed E-state index contributed by atoms with van der Waals surface area (Å²) in [5.74, 6) is 0.616. The highest BCUT2D eigenvalue weighted by Crippen LogP contribution is 2.23. The Morgan fingerprint density at radius 3 is 2.69 bits per heavy atom. The lowest BCUT2D eigenvalue weighted by atomic mass is 9.93. The van der Waals surface area contributed by atoms with Gasteiger partial charge < -0.3 is 4.90 Å². The number of carbonyl (C=O) groups is 1. The molecule has 16 heavy (non-hydrogen) atoms. The van der Waals surface area contributed by atoms with Gasteiger partial charge in [-0.1, -0.05) is 0 Å². The third-order valence-corrected chi connectivity index (χ3v) is 3.32. The second kappa shape index (κ2) is 4.64. The second-order valence-corrected chi connectivity index (χ2v) is 4.53. The minimum absolute atomic E-state index is 0.277. The van der Waals surface area contributed by atoms with Crippen LogP contribution in [0.4, 0.5) is 5.69 Å². The predicted molar refractivity (Wildman–Crippen MR) is 64.6 cm³/mol. The maximum Gasteiger partial charge on any atom is 0.133 e. The van der Waals surface area contributed by atoms with Crippen molar-refractivity contribution < 1.29 is 4.79 Å². The molecule has 1 aliphatic heterocycles. The van der Waals surface area contributed by atoms with Gasteiger partial charge in [-0.15, -0.1) is 0 Å². The van der Waals surface area contributed by atoms with Crippen LogP contribution >= 0.6 is 0 Å². The lowest BCUT2D eigenvalue weighted by Crippen LogP contribution is -2.35. The van der Waals surface area contributed by atoms with Gasteiger partial charge in [-0.25, -0.2) is 0 Å². The summed E-state index contributed by atoms with van der Waals surface area (Å²) in [6, 6.07) is 4.15. The molecule has 2 rings (SSSR count). The number of aryl methyl sites for hydroxylation is 1. The molecule has 2 heterocycles. The lowest BCUT2D eigenvalue weighted by molar-refractivity contribution is -0.121. The standard InChI is InChI=1S/C13H18N2O/c1-10-9-13(3-6-14-10)15-7-4-12(5-8-15)11(2)16/h3,6,9,12H,4-5,7-8H2,1-2H3. The van der Waals surface area contributed by atoms with E-state index in [0.29, 0.717) is 5.78 Å². The molecule has 0 unspecified atom stereocenters. The summed E-state index contributed by atoms with van der Waals surface area (Å²) in [6.45, 7) is 5.67. The van der Waals surface area contributed by atoms with Gasteiger partial charge in [0.1, 0.15) is 5.78 Å². The van der Waals surface area contributed by atoms with Gasteiger partial charge in [0.15, 0.2) is 0 Å². The zero-order valence-electron chi connectivity index (χ0n) is 9.94. The maximum atomic E-state index is 11.3. The van der Waals surface area contributed by atoms with Crippen LogP contribution in [-0.2, 0) is 4.79 Å². The molecule has 3 nitrogen and oxygen atoms in total. The summed E-state index contributed by atoms with van der Waals surface area (Å²) in [4.78, 5) is 17.8. The van der Waals surface area contributed by atoms with E-state index in [2.05, 4.69) is 16.0 Å². The number of ketones is 1. The number of pyridine rings is 1. The highest BCUT2D eigenvalue weighted by atomic mass is 16.1. The Morgan fingerprint density at radius 1 is 1.44 bits per heavy atom. The van der Waals surface area contributed by atoms with Crippen molar-refractivity contribution >= 4 is 11.5 Å².